The predicted molar refractivity (Wildman–Crippen MR) is 80.6 cm³/mol. The van der Waals surface area contributed by atoms with E-state index < -0.39 is 11.7 Å². The first-order valence-electron chi connectivity index (χ1n) is 7.94. The van der Waals surface area contributed by atoms with Gasteiger partial charge in [0.05, 0.1) is 17.2 Å². The smallest absolute Gasteiger partial charge is 0.352 e. The van der Waals surface area contributed by atoms with E-state index in [4.69, 9.17) is 5.26 Å². The minimum absolute atomic E-state index is 0.0186. The third-order valence-corrected chi connectivity index (χ3v) is 5.10. The Morgan fingerprint density at radius 2 is 2.08 bits per heavy atom. The van der Waals surface area contributed by atoms with Gasteiger partial charge >= 0.3 is 6.18 Å². The molecule has 1 aliphatic heterocycles. The van der Waals surface area contributed by atoms with E-state index in [2.05, 4.69) is 10.6 Å². The highest BCUT2D eigenvalue weighted by Crippen LogP contribution is 2.58. The van der Waals surface area contributed by atoms with Gasteiger partial charge < -0.3 is 10.6 Å². The molecule has 1 saturated carbocycles. The van der Waals surface area contributed by atoms with Crippen molar-refractivity contribution in [3.05, 3.63) is 34.9 Å². The lowest BCUT2D eigenvalue weighted by atomic mass is 9.91. The molecule has 1 heterocycles. The van der Waals surface area contributed by atoms with Crippen molar-refractivity contribution in [2.45, 2.75) is 32.0 Å². The zero-order chi connectivity index (χ0) is 17.4. The number of nitrogens with one attached hydrogen (secondary N) is 2. The van der Waals surface area contributed by atoms with Crippen LogP contribution in [0.4, 0.5) is 13.2 Å². The molecule has 3 rings (SSSR count). The largest absolute Gasteiger partial charge is 0.416 e. The minimum Gasteiger partial charge on any atom is -0.352 e. The van der Waals surface area contributed by atoms with Crippen molar-refractivity contribution >= 4 is 5.91 Å². The summed E-state index contributed by atoms with van der Waals surface area (Å²) in [6.45, 7) is 1.60. The normalized spacial score (nSPS) is 22.0. The maximum Gasteiger partial charge on any atom is 0.416 e. The summed E-state index contributed by atoms with van der Waals surface area (Å²) in [4.78, 5) is 12.3. The number of amides is 1. The van der Waals surface area contributed by atoms with Crippen LogP contribution in [0.3, 0.4) is 0 Å². The fraction of sp³-hybridized carbons (Fsp3) is 0.529. The Morgan fingerprint density at radius 1 is 1.38 bits per heavy atom. The van der Waals surface area contributed by atoms with Gasteiger partial charge in [0.15, 0.2) is 0 Å². The highest BCUT2D eigenvalue weighted by Gasteiger charge is 2.57. The third kappa shape index (κ3) is 3.24. The Labute approximate surface area is 138 Å². The quantitative estimate of drug-likeness (QED) is 0.891. The minimum atomic E-state index is -4.55. The second kappa shape index (κ2) is 6.10. The summed E-state index contributed by atoms with van der Waals surface area (Å²) >= 11 is 0. The predicted octanol–water partition coefficient (Wildman–Crippen LogP) is 2.58. The van der Waals surface area contributed by atoms with Gasteiger partial charge in [-0.25, -0.2) is 0 Å². The van der Waals surface area contributed by atoms with E-state index in [1.165, 1.54) is 12.1 Å². The van der Waals surface area contributed by atoms with Crippen molar-refractivity contribution in [3.63, 3.8) is 0 Å². The molecule has 1 unspecified atom stereocenters. The summed E-state index contributed by atoms with van der Waals surface area (Å²) in [5.41, 5.74) is -0.885. The molecule has 128 valence electrons. The van der Waals surface area contributed by atoms with Gasteiger partial charge in [0, 0.05) is 12.5 Å². The first kappa shape index (κ1) is 16.8. The molecule has 2 N–H and O–H groups in total. The fourth-order valence-corrected chi connectivity index (χ4v) is 3.57. The lowest BCUT2D eigenvalue weighted by Crippen LogP contribution is -2.33. The van der Waals surface area contributed by atoms with Crippen LogP contribution in [0.5, 0.6) is 0 Å². The Balaban J connectivity index is 1.67. The highest BCUT2D eigenvalue weighted by molar-refractivity contribution is 5.82. The molecular weight excluding hydrogens is 319 g/mol. The molecule has 0 bridgehead atoms. The topological polar surface area (TPSA) is 64.9 Å². The van der Waals surface area contributed by atoms with Gasteiger partial charge in [-0.3, -0.25) is 4.79 Å². The second-order valence-electron chi connectivity index (χ2n) is 6.57. The molecule has 1 amide bonds. The van der Waals surface area contributed by atoms with Crippen LogP contribution < -0.4 is 10.6 Å². The summed E-state index contributed by atoms with van der Waals surface area (Å²) in [5, 5.41) is 14.7. The number of carbonyl (C=O) groups is 1. The molecule has 1 aliphatic carbocycles. The Kier molecular flexibility index (Phi) is 4.26. The van der Waals surface area contributed by atoms with Crippen molar-refractivity contribution in [1.82, 2.24) is 10.6 Å². The van der Waals surface area contributed by atoms with E-state index in [-0.39, 0.29) is 34.9 Å². The van der Waals surface area contributed by atoms with Gasteiger partial charge in [-0.05, 0) is 55.5 Å². The van der Waals surface area contributed by atoms with E-state index >= 15 is 0 Å². The molecular formula is C17H18F3N3O. The summed E-state index contributed by atoms with van der Waals surface area (Å²) in [6, 6.07) is 5.13. The van der Waals surface area contributed by atoms with E-state index in [0.717, 1.165) is 38.4 Å². The Hall–Kier alpha value is -2.07. The van der Waals surface area contributed by atoms with E-state index in [1.54, 1.807) is 6.07 Å². The first-order valence-corrected chi connectivity index (χ1v) is 7.94. The van der Waals surface area contributed by atoms with Crippen LogP contribution in [-0.2, 0) is 17.5 Å². The van der Waals surface area contributed by atoms with Gasteiger partial charge in [0.2, 0.25) is 5.91 Å². The first-order chi connectivity index (χ1) is 11.4. The number of alkyl halides is 3. The van der Waals surface area contributed by atoms with Crippen LogP contribution in [-0.4, -0.2) is 19.0 Å². The van der Waals surface area contributed by atoms with Gasteiger partial charge in [0.25, 0.3) is 0 Å². The van der Waals surface area contributed by atoms with Gasteiger partial charge in [-0.15, -0.1) is 0 Å². The average Bonchev–Trinajstić information content (AvgIpc) is 3.25. The SMILES string of the molecule is N#Cc1ccc(CNC(=O)C2CC23CCNCC3)c(C(F)(F)F)c1. The molecule has 1 aromatic rings. The molecule has 1 aromatic carbocycles. The number of carbonyl (C=O) groups excluding carboxylic acids is 1. The summed E-state index contributed by atoms with van der Waals surface area (Å²) in [7, 11) is 0. The van der Waals surface area contributed by atoms with Crippen LogP contribution in [0.15, 0.2) is 18.2 Å². The average molecular weight is 337 g/mol. The van der Waals surface area contributed by atoms with Crippen molar-refractivity contribution in [2.24, 2.45) is 11.3 Å². The molecule has 7 heteroatoms. The van der Waals surface area contributed by atoms with Crippen molar-refractivity contribution in [3.8, 4) is 6.07 Å². The molecule has 2 aliphatic rings. The van der Waals surface area contributed by atoms with Crippen molar-refractivity contribution in [2.75, 3.05) is 13.1 Å². The molecule has 1 saturated heterocycles. The number of benzene rings is 1. The number of halogens is 3. The lowest BCUT2D eigenvalue weighted by Gasteiger charge is -2.23. The van der Waals surface area contributed by atoms with E-state index in [9.17, 15) is 18.0 Å². The maximum absolute atomic E-state index is 13.1. The standard InChI is InChI=1S/C17H18F3N3O/c18-17(19,20)13-7-11(9-21)1-2-12(13)10-23-15(24)14-8-16(14)3-5-22-6-4-16/h1-2,7,14,22H,3-6,8,10H2,(H,23,24). The van der Waals surface area contributed by atoms with Crippen LogP contribution in [0.1, 0.15) is 36.0 Å². The van der Waals surface area contributed by atoms with Crippen LogP contribution >= 0.6 is 0 Å². The Bertz CT molecular complexity index is 687. The zero-order valence-electron chi connectivity index (χ0n) is 13.0. The summed E-state index contributed by atoms with van der Waals surface area (Å²) in [5.74, 6) is -0.262. The lowest BCUT2D eigenvalue weighted by molar-refractivity contribution is -0.138. The number of nitriles is 1. The number of piperidine rings is 1. The molecule has 2 fully saturated rings. The Morgan fingerprint density at radius 3 is 2.71 bits per heavy atom. The van der Waals surface area contributed by atoms with Crippen molar-refractivity contribution in [1.29, 1.82) is 5.26 Å². The molecule has 0 radical (unpaired) electrons. The van der Waals surface area contributed by atoms with Crippen molar-refractivity contribution < 1.29 is 18.0 Å². The molecule has 1 spiro atoms. The maximum atomic E-state index is 13.1. The monoisotopic (exact) mass is 337 g/mol. The number of nitrogens with zero attached hydrogens (tertiary/aromatic N) is 1. The van der Waals surface area contributed by atoms with E-state index in [1.807, 2.05) is 0 Å². The van der Waals surface area contributed by atoms with Crippen LogP contribution in [0, 0.1) is 22.7 Å². The number of rotatable bonds is 3. The van der Waals surface area contributed by atoms with Gasteiger partial charge in [-0.2, -0.15) is 18.4 Å². The summed E-state index contributed by atoms with van der Waals surface area (Å²) < 4.78 is 39.3. The molecule has 0 aromatic heterocycles. The third-order valence-electron chi connectivity index (χ3n) is 5.10. The van der Waals surface area contributed by atoms with Gasteiger partial charge in [-0.1, -0.05) is 6.07 Å². The molecule has 4 nitrogen and oxygen atoms in total. The second-order valence-corrected chi connectivity index (χ2v) is 6.57. The molecule has 24 heavy (non-hydrogen) atoms. The van der Waals surface area contributed by atoms with Crippen LogP contribution in [0.2, 0.25) is 0 Å². The van der Waals surface area contributed by atoms with Gasteiger partial charge in [0.1, 0.15) is 0 Å². The highest BCUT2D eigenvalue weighted by atomic mass is 19.4. The number of hydrogen-bond donors (Lipinski definition) is 2. The summed E-state index contributed by atoms with van der Waals surface area (Å²) in [6.07, 6.45) is -1.85. The fourth-order valence-electron chi connectivity index (χ4n) is 3.57. The molecule has 1 atom stereocenters. The number of hydrogen-bond acceptors (Lipinski definition) is 3. The zero-order valence-corrected chi connectivity index (χ0v) is 13.0. The van der Waals surface area contributed by atoms with Crippen LogP contribution in [0.25, 0.3) is 0 Å². The van der Waals surface area contributed by atoms with E-state index in [0.29, 0.717) is 0 Å².